The van der Waals surface area contributed by atoms with E-state index in [1.54, 1.807) is 0 Å². The molecule has 2 aromatic rings. The Bertz CT molecular complexity index is 955. The summed E-state index contributed by atoms with van der Waals surface area (Å²) >= 11 is 20.4. The number of piperazine rings is 1. The number of hydrogen-bond donors (Lipinski definition) is 0. The molecule has 1 aliphatic carbocycles. The highest BCUT2D eigenvalue weighted by molar-refractivity contribution is 7.92. The van der Waals surface area contributed by atoms with Gasteiger partial charge in [-0.05, 0) is 73.6 Å². The molecular formula is C25H30Cl3N3O2S. The Labute approximate surface area is 221 Å². The van der Waals surface area contributed by atoms with E-state index in [0.29, 0.717) is 17.0 Å². The predicted molar refractivity (Wildman–Crippen MR) is 142 cm³/mol. The third-order valence-corrected chi connectivity index (χ3v) is 8.37. The molecule has 0 spiro atoms. The van der Waals surface area contributed by atoms with Crippen molar-refractivity contribution in [2.45, 2.75) is 37.8 Å². The molecule has 2 aliphatic heterocycles. The molecular weight excluding hydrogens is 513 g/mol. The lowest BCUT2D eigenvalue weighted by molar-refractivity contribution is -0.204. The Hall–Kier alpha value is -0.700. The van der Waals surface area contributed by atoms with Gasteiger partial charge in [-0.1, -0.05) is 40.9 Å². The molecule has 2 saturated heterocycles. The minimum absolute atomic E-state index is 0.221. The number of piperidine rings is 1. The van der Waals surface area contributed by atoms with E-state index in [4.69, 9.17) is 44.0 Å². The van der Waals surface area contributed by atoms with Gasteiger partial charge in [0.2, 0.25) is 0 Å². The summed E-state index contributed by atoms with van der Waals surface area (Å²) in [5.41, 5.74) is 2.32. The Morgan fingerprint density at radius 1 is 0.853 bits per heavy atom. The number of nitrogens with zero attached hydrogens (tertiary/aromatic N) is 3. The first kappa shape index (κ1) is 25.0. The maximum Gasteiger partial charge on any atom is 0.121 e. The second-order valence-corrected chi connectivity index (χ2v) is 11.5. The van der Waals surface area contributed by atoms with E-state index in [2.05, 4.69) is 32.3 Å². The molecule has 0 amide bonds. The summed E-state index contributed by atoms with van der Waals surface area (Å²) < 4.78 is 7.56. The molecule has 9 heteroatoms. The molecule has 2 atom stereocenters. The Kier molecular flexibility index (Phi) is 8.50. The topological polar surface area (TPSA) is 28.2 Å². The van der Waals surface area contributed by atoms with Gasteiger partial charge in [0.1, 0.15) is 12.2 Å². The average Bonchev–Trinajstić information content (AvgIpc) is 3.66. The molecule has 1 saturated carbocycles. The van der Waals surface area contributed by atoms with E-state index in [1.807, 2.05) is 24.3 Å². The van der Waals surface area contributed by atoms with Crippen LogP contribution < -0.4 is 4.90 Å². The first-order valence-corrected chi connectivity index (χ1v) is 13.8. The Morgan fingerprint density at radius 2 is 1.59 bits per heavy atom. The van der Waals surface area contributed by atoms with Crippen molar-refractivity contribution in [3.63, 3.8) is 0 Å². The molecule has 2 aromatic carbocycles. The number of benzene rings is 2. The maximum atomic E-state index is 6.64. The lowest BCUT2D eigenvalue weighted by Gasteiger charge is -2.44. The zero-order valence-electron chi connectivity index (χ0n) is 19.0. The van der Waals surface area contributed by atoms with Crippen molar-refractivity contribution in [2.75, 3.05) is 44.2 Å². The molecule has 5 nitrogen and oxygen atoms in total. The van der Waals surface area contributed by atoms with Gasteiger partial charge in [0.15, 0.2) is 0 Å². The summed E-state index contributed by atoms with van der Waals surface area (Å²) in [5, 5.41) is 2.15. The van der Waals surface area contributed by atoms with Gasteiger partial charge in [-0.25, -0.2) is 9.19 Å². The van der Waals surface area contributed by atoms with Crippen molar-refractivity contribution in [1.82, 2.24) is 9.21 Å². The van der Waals surface area contributed by atoms with Gasteiger partial charge < -0.3 is 9.80 Å². The first-order valence-electron chi connectivity index (χ1n) is 12.0. The third kappa shape index (κ3) is 6.54. The molecule has 3 fully saturated rings. The highest BCUT2D eigenvalue weighted by atomic mass is 35.5. The number of halogens is 3. The van der Waals surface area contributed by atoms with Crippen LogP contribution in [0.25, 0.3) is 0 Å². The van der Waals surface area contributed by atoms with Gasteiger partial charge in [-0.3, -0.25) is 0 Å². The third-order valence-electron chi connectivity index (χ3n) is 6.84. The van der Waals surface area contributed by atoms with Crippen LogP contribution in [0.4, 0.5) is 5.69 Å². The van der Waals surface area contributed by atoms with Crippen molar-refractivity contribution in [3.8, 4) is 0 Å². The van der Waals surface area contributed by atoms with E-state index < -0.39 is 0 Å². The summed E-state index contributed by atoms with van der Waals surface area (Å²) in [6.45, 7) is 6.14. The first-order chi connectivity index (χ1) is 16.5. The van der Waals surface area contributed by atoms with Crippen LogP contribution in [0, 0.1) is 5.92 Å². The minimum atomic E-state index is 0.221. The molecule has 34 heavy (non-hydrogen) atoms. The SMILES string of the molecule is Clc1ccc(N2C[C@H](CN3CCN(SOOC4CC4)CC3)CC[C@H]2c2ccc(Cl)cc2Cl)cc1. The van der Waals surface area contributed by atoms with Gasteiger partial charge in [0.05, 0.1) is 12.1 Å². The van der Waals surface area contributed by atoms with Crippen LogP contribution in [0.2, 0.25) is 15.1 Å². The summed E-state index contributed by atoms with van der Waals surface area (Å²) in [5.74, 6) is 0.589. The van der Waals surface area contributed by atoms with Crippen LogP contribution in [-0.2, 0) is 9.22 Å². The van der Waals surface area contributed by atoms with Gasteiger partial charge in [0, 0.05) is 60.0 Å². The molecule has 0 N–H and O–H groups in total. The Balaban J connectivity index is 1.21. The van der Waals surface area contributed by atoms with Crippen LogP contribution >= 0.6 is 47.0 Å². The second kappa shape index (κ2) is 11.6. The van der Waals surface area contributed by atoms with E-state index in [9.17, 15) is 0 Å². The summed E-state index contributed by atoms with van der Waals surface area (Å²) in [6.07, 6.45) is 4.77. The van der Waals surface area contributed by atoms with Crippen molar-refractivity contribution in [3.05, 3.63) is 63.1 Å². The predicted octanol–water partition coefficient (Wildman–Crippen LogP) is 6.90. The van der Waals surface area contributed by atoms with Gasteiger partial charge in [0.25, 0.3) is 0 Å². The monoisotopic (exact) mass is 541 g/mol. The van der Waals surface area contributed by atoms with Crippen LogP contribution in [0.1, 0.15) is 37.3 Å². The molecule has 3 aliphatic rings. The van der Waals surface area contributed by atoms with E-state index >= 15 is 0 Å². The Morgan fingerprint density at radius 3 is 2.29 bits per heavy atom. The quantitative estimate of drug-likeness (QED) is 0.156. The van der Waals surface area contributed by atoms with Crippen molar-refractivity contribution in [1.29, 1.82) is 0 Å². The molecule has 184 valence electrons. The molecule has 2 heterocycles. The number of rotatable bonds is 8. The van der Waals surface area contributed by atoms with E-state index in [0.717, 1.165) is 74.1 Å². The zero-order chi connectivity index (χ0) is 23.5. The van der Waals surface area contributed by atoms with E-state index in [-0.39, 0.29) is 6.04 Å². The van der Waals surface area contributed by atoms with Crippen molar-refractivity contribution < 1.29 is 9.22 Å². The van der Waals surface area contributed by atoms with Crippen LogP contribution in [0.15, 0.2) is 42.5 Å². The lowest BCUT2D eigenvalue weighted by atomic mass is 9.88. The highest BCUT2D eigenvalue weighted by Crippen LogP contribution is 2.41. The van der Waals surface area contributed by atoms with Crippen LogP contribution in [-0.4, -0.2) is 54.6 Å². The van der Waals surface area contributed by atoms with Gasteiger partial charge >= 0.3 is 0 Å². The summed E-state index contributed by atoms with van der Waals surface area (Å²) in [6, 6.07) is 14.2. The second-order valence-electron chi connectivity index (χ2n) is 9.42. The molecule has 0 radical (unpaired) electrons. The summed E-state index contributed by atoms with van der Waals surface area (Å²) in [4.78, 5) is 10.4. The fraction of sp³-hybridized carbons (Fsp3) is 0.520. The van der Waals surface area contributed by atoms with Crippen LogP contribution in [0.3, 0.4) is 0 Å². The summed E-state index contributed by atoms with van der Waals surface area (Å²) in [7, 11) is 0. The largest absolute Gasteiger partial charge is 0.364 e. The minimum Gasteiger partial charge on any atom is -0.364 e. The fourth-order valence-electron chi connectivity index (χ4n) is 4.84. The fourth-order valence-corrected chi connectivity index (χ4v) is 6.05. The molecule has 0 unspecified atom stereocenters. The molecule has 5 rings (SSSR count). The maximum absolute atomic E-state index is 6.64. The smallest absolute Gasteiger partial charge is 0.121 e. The van der Waals surface area contributed by atoms with Crippen LogP contribution in [0.5, 0.6) is 0 Å². The number of hydrogen-bond acceptors (Lipinski definition) is 6. The standard InChI is InChI=1S/C25H30Cl3N3O2S/c26-19-2-5-21(6-3-19)31-17-18(1-10-25(31)23-9-4-20(27)15-24(23)28)16-29-11-13-30(14-12-29)34-33-32-22-7-8-22/h2-6,9,15,18,22,25H,1,7-8,10-14,16-17H2/t18-,25-/m0/s1. The van der Waals surface area contributed by atoms with Crippen molar-refractivity contribution >= 4 is 52.7 Å². The highest BCUT2D eigenvalue weighted by Gasteiger charge is 2.32. The zero-order valence-corrected chi connectivity index (χ0v) is 22.1. The molecule has 0 aromatic heterocycles. The van der Waals surface area contributed by atoms with Crippen molar-refractivity contribution in [2.24, 2.45) is 5.92 Å². The molecule has 0 bridgehead atoms. The lowest BCUT2D eigenvalue weighted by Crippen LogP contribution is -2.48. The van der Waals surface area contributed by atoms with E-state index in [1.165, 1.54) is 24.3 Å². The average molecular weight is 543 g/mol. The number of anilines is 1. The van der Waals surface area contributed by atoms with Gasteiger partial charge in [-0.15, -0.1) is 4.33 Å². The normalized spacial score (nSPS) is 24.5. The van der Waals surface area contributed by atoms with Gasteiger partial charge in [-0.2, -0.15) is 0 Å².